The zero-order valence-corrected chi connectivity index (χ0v) is 16.0. The number of benzene rings is 2. The second-order valence-electron chi connectivity index (χ2n) is 5.39. The first-order valence-electron chi connectivity index (χ1n) is 7.05. The summed E-state index contributed by atoms with van der Waals surface area (Å²) in [6, 6.07) is 9.29. The van der Waals surface area contributed by atoms with E-state index in [0.29, 0.717) is 14.7 Å². The van der Waals surface area contributed by atoms with Gasteiger partial charge in [-0.2, -0.15) is 0 Å². The molecule has 0 heterocycles. The molecule has 0 saturated carbocycles. The summed E-state index contributed by atoms with van der Waals surface area (Å²) in [6.07, 6.45) is 0. The number of aliphatic hydroxyl groups is 1. The summed E-state index contributed by atoms with van der Waals surface area (Å²) in [4.78, 5) is 22.5. The molecule has 0 fully saturated rings. The molecule has 0 saturated heterocycles. The molecule has 0 aliphatic rings. The Kier molecular flexibility index (Phi) is 6.03. The van der Waals surface area contributed by atoms with E-state index >= 15 is 0 Å². The van der Waals surface area contributed by atoms with Crippen LogP contribution in [0, 0.1) is 40.7 Å². The number of nitro groups is 1. The van der Waals surface area contributed by atoms with Gasteiger partial charge in [0.2, 0.25) is 0 Å². The van der Waals surface area contributed by atoms with Crippen LogP contribution in [0.15, 0.2) is 42.5 Å². The maximum absolute atomic E-state index is 12.8. The summed E-state index contributed by atoms with van der Waals surface area (Å²) < 4.78 is 18.6. The van der Waals surface area contributed by atoms with Gasteiger partial charge in [0, 0.05) is 0 Å². The number of hydrogen-bond donors (Lipinski definition) is 2. The number of nitrogens with zero attached hydrogens (tertiary/aromatic N) is 1. The maximum atomic E-state index is 12.8. The summed E-state index contributed by atoms with van der Waals surface area (Å²) in [5.41, 5.74) is -1.56. The van der Waals surface area contributed by atoms with Gasteiger partial charge in [-0.3, -0.25) is 0 Å². The quantitative estimate of drug-likeness (QED) is 0.427. The Balaban J connectivity index is 2.01. The summed E-state index contributed by atoms with van der Waals surface area (Å²) in [5, 5.41) is 23.6. The monoisotopic (exact) mass is 543 g/mol. The fraction of sp³-hybridized carbons (Fsp3) is 0.188. The third kappa shape index (κ3) is 5.18. The second kappa shape index (κ2) is 7.84. The van der Waals surface area contributed by atoms with Crippen molar-refractivity contribution in [1.82, 2.24) is 0 Å². The Hall–Kier alpha value is -2.12. The van der Waals surface area contributed by atoms with Crippen LogP contribution in [-0.4, -0.2) is 28.1 Å². The van der Waals surface area contributed by atoms with Crippen LogP contribution in [0.25, 0.3) is 0 Å². The minimum absolute atomic E-state index is 0.0407. The van der Waals surface area contributed by atoms with E-state index in [1.54, 1.807) is 0 Å². The molecule has 7 nitrogen and oxygen atoms in total. The van der Waals surface area contributed by atoms with E-state index in [1.165, 1.54) is 49.4 Å². The number of amides is 1. The average Bonchev–Trinajstić information content (AvgIpc) is 2.54. The topological polar surface area (TPSA) is 102 Å². The third-order valence-electron chi connectivity index (χ3n) is 3.22. The Labute approximate surface area is 157 Å². The van der Waals surface area contributed by atoms with Gasteiger partial charge in [-0.25, -0.2) is 4.39 Å². The number of nitrogens with one attached hydrogen (secondary N) is 1. The van der Waals surface area contributed by atoms with Crippen molar-refractivity contribution < 1.29 is 48.7 Å². The van der Waals surface area contributed by atoms with Gasteiger partial charge >= 0.3 is 153 Å². The number of halogens is 1. The number of hydrogen-bond acceptors (Lipinski definition) is 5. The van der Waals surface area contributed by atoms with Crippen molar-refractivity contribution in [2.75, 3.05) is 11.9 Å². The first-order chi connectivity index (χ1) is 11.7. The molecule has 0 aliphatic carbocycles. The molecule has 9 heteroatoms. The molecule has 0 aromatic heterocycles. The van der Waals surface area contributed by atoms with E-state index in [-0.39, 0.29) is 12.3 Å². The molecule has 2 N–H and O–H groups in total. The zero-order valence-electron chi connectivity index (χ0n) is 13.0. The van der Waals surface area contributed by atoms with Crippen molar-refractivity contribution in [3.05, 3.63) is 58.4 Å². The molecule has 1 amide bonds. The molecule has 0 radical (unpaired) electrons. The number of anilines is 1. The minimum atomic E-state index is -1.85. The van der Waals surface area contributed by atoms with Gasteiger partial charge in [-0.15, -0.1) is 0 Å². The predicted molar refractivity (Wildman–Crippen MR) is 83.9 cm³/mol. The first-order valence-corrected chi connectivity index (χ1v) is 8.52. The SMILES string of the molecule is C[C@](O)(COc1ccc(F)cc1)C(=O)Nc1ccc([N+](=O)[O-])c([At])c1. The summed E-state index contributed by atoms with van der Waals surface area (Å²) in [5.74, 6) is -0.843. The average molecular weight is 543 g/mol. The number of carbonyl (C=O) groups excluding carboxylic acids is 1. The molecule has 132 valence electrons. The van der Waals surface area contributed by atoms with E-state index in [2.05, 4.69) is 5.32 Å². The van der Waals surface area contributed by atoms with Gasteiger partial charge in [0.15, 0.2) is 0 Å². The molecule has 2 rings (SSSR count). The van der Waals surface area contributed by atoms with Crippen molar-refractivity contribution in [3.8, 4) is 5.75 Å². The summed E-state index contributed by atoms with van der Waals surface area (Å²) >= 11 is 1.10. The number of nitro benzene ring substituents is 1. The van der Waals surface area contributed by atoms with Crippen LogP contribution in [0.2, 0.25) is 0 Å². The second-order valence-corrected chi connectivity index (χ2v) is 6.98. The fourth-order valence-electron chi connectivity index (χ4n) is 1.82. The first kappa shape index (κ1) is 19.2. The van der Waals surface area contributed by atoms with E-state index in [1.807, 2.05) is 0 Å². The van der Waals surface area contributed by atoms with Crippen LogP contribution >= 0.6 is 0 Å². The van der Waals surface area contributed by atoms with Crippen LogP contribution in [0.4, 0.5) is 15.8 Å². The molecule has 0 unspecified atom stereocenters. The van der Waals surface area contributed by atoms with Crippen LogP contribution in [0.3, 0.4) is 0 Å². The van der Waals surface area contributed by atoms with Crippen LogP contribution in [0.5, 0.6) is 5.75 Å². The van der Waals surface area contributed by atoms with Crippen molar-refractivity contribution in [2.24, 2.45) is 0 Å². The third-order valence-corrected chi connectivity index (χ3v) is 4.40. The molecule has 1 atom stereocenters. The van der Waals surface area contributed by atoms with Crippen LogP contribution in [-0.2, 0) is 4.79 Å². The fourth-order valence-corrected chi connectivity index (χ4v) is 2.79. The van der Waals surface area contributed by atoms with Gasteiger partial charge in [0.1, 0.15) is 0 Å². The van der Waals surface area contributed by atoms with Crippen molar-refractivity contribution in [1.29, 1.82) is 0 Å². The van der Waals surface area contributed by atoms with Gasteiger partial charge in [0.05, 0.1) is 0 Å². The number of carbonyl (C=O) groups is 1. The van der Waals surface area contributed by atoms with Gasteiger partial charge in [-0.1, -0.05) is 0 Å². The Morgan fingerprint density at radius 2 is 2.00 bits per heavy atom. The number of rotatable bonds is 6. The van der Waals surface area contributed by atoms with Crippen molar-refractivity contribution in [3.63, 3.8) is 0 Å². The van der Waals surface area contributed by atoms with Crippen LogP contribution < -0.4 is 13.3 Å². The predicted octanol–water partition coefficient (Wildman–Crippen LogP) is 1.68. The molecule has 0 bridgehead atoms. The number of ether oxygens (including phenoxy) is 1. The summed E-state index contributed by atoms with van der Waals surface area (Å²) in [6.45, 7) is 0.924. The zero-order chi connectivity index (χ0) is 18.6. The van der Waals surface area contributed by atoms with E-state index < -0.39 is 22.2 Å². The van der Waals surface area contributed by atoms with Gasteiger partial charge in [0.25, 0.3) is 0 Å². The van der Waals surface area contributed by atoms with Crippen LogP contribution in [0.1, 0.15) is 6.92 Å². The molecule has 25 heavy (non-hydrogen) atoms. The Morgan fingerprint density at radius 3 is 2.56 bits per heavy atom. The summed E-state index contributed by atoms with van der Waals surface area (Å²) in [7, 11) is 0. The Morgan fingerprint density at radius 1 is 1.36 bits per heavy atom. The van der Waals surface area contributed by atoms with Gasteiger partial charge < -0.3 is 0 Å². The van der Waals surface area contributed by atoms with E-state index in [9.17, 15) is 24.4 Å². The van der Waals surface area contributed by atoms with E-state index in [0.717, 1.165) is 24.7 Å². The standard InChI is InChI=1S/C16H14AtFN2O5/c1-16(22,9-25-12-5-2-10(18)3-6-12)15(21)19-11-4-7-14(20(23)24)13(17)8-11/h2-8,22H,9H2,1H3,(H,19,21)/t16-/m0/s1. The molecule has 0 spiro atoms. The van der Waals surface area contributed by atoms with Gasteiger partial charge in [-0.05, 0) is 0 Å². The normalized spacial score (nSPS) is 13.0. The van der Waals surface area contributed by atoms with Crippen molar-refractivity contribution >= 4 is 20.6 Å². The molecule has 0 aliphatic heterocycles. The van der Waals surface area contributed by atoms with Crippen molar-refractivity contribution in [2.45, 2.75) is 12.5 Å². The Bertz CT molecular complexity index is 796. The van der Waals surface area contributed by atoms with E-state index in [4.69, 9.17) is 4.74 Å². The molecule has 2 aromatic rings. The molecular weight excluding hydrogens is 529 g/mol. The molecular formula is C16H14AtFN2O5. The molecule has 2 aromatic carbocycles.